The second-order valence-electron chi connectivity index (χ2n) is 4.97. The molecule has 1 heterocycles. The van der Waals surface area contributed by atoms with Gasteiger partial charge in [-0.3, -0.25) is 4.79 Å². The molecule has 3 heteroatoms. The first-order chi connectivity index (χ1) is 6.70. The average molecular weight is 196 g/mol. The number of hydrogen-bond acceptors (Lipinski definition) is 2. The van der Waals surface area contributed by atoms with Gasteiger partial charge in [-0.05, 0) is 19.8 Å². The molecule has 0 atom stereocenters. The largest absolute Gasteiger partial charge is 0.351 e. The lowest BCUT2D eigenvalue weighted by Gasteiger charge is -2.37. The third-order valence-corrected chi connectivity index (χ3v) is 3.53. The molecule has 14 heavy (non-hydrogen) atoms. The minimum Gasteiger partial charge on any atom is -0.351 e. The maximum Gasteiger partial charge on any atom is 0.226 e. The first-order valence-corrected chi connectivity index (χ1v) is 5.72. The van der Waals surface area contributed by atoms with Crippen molar-refractivity contribution in [1.29, 1.82) is 0 Å². The molecule has 0 aromatic rings. The van der Waals surface area contributed by atoms with Crippen LogP contribution >= 0.6 is 0 Å². The van der Waals surface area contributed by atoms with Gasteiger partial charge in [-0.2, -0.15) is 0 Å². The maximum atomic E-state index is 11.7. The summed E-state index contributed by atoms with van der Waals surface area (Å²) in [7, 11) is 0. The summed E-state index contributed by atoms with van der Waals surface area (Å²) in [6.45, 7) is 3.92. The first kappa shape index (κ1) is 9.97. The molecule has 2 rings (SSSR count). The van der Waals surface area contributed by atoms with E-state index in [0.29, 0.717) is 0 Å². The van der Waals surface area contributed by atoms with Gasteiger partial charge in [0.1, 0.15) is 0 Å². The lowest BCUT2D eigenvalue weighted by molar-refractivity contribution is -0.128. The molecule has 0 spiro atoms. The van der Waals surface area contributed by atoms with Crippen LogP contribution in [0.15, 0.2) is 0 Å². The fourth-order valence-electron chi connectivity index (χ4n) is 2.33. The average Bonchev–Trinajstić information content (AvgIpc) is 2.00. The maximum absolute atomic E-state index is 11.7. The predicted molar refractivity (Wildman–Crippen MR) is 56.0 cm³/mol. The minimum absolute atomic E-state index is 0.0882. The summed E-state index contributed by atoms with van der Waals surface area (Å²) in [4.78, 5) is 11.7. The molecule has 2 aliphatic rings. The predicted octanol–water partition coefficient (Wildman–Crippen LogP) is 1.04. The third kappa shape index (κ3) is 2.08. The van der Waals surface area contributed by atoms with Crippen LogP contribution in [0.2, 0.25) is 0 Å². The Kier molecular flexibility index (Phi) is 2.77. The summed E-state index contributed by atoms with van der Waals surface area (Å²) < 4.78 is 0. The molecule has 2 N–H and O–H groups in total. The van der Waals surface area contributed by atoms with E-state index >= 15 is 0 Å². The zero-order valence-electron chi connectivity index (χ0n) is 8.94. The Balaban J connectivity index is 1.84. The van der Waals surface area contributed by atoms with Gasteiger partial charge in [-0.1, -0.05) is 19.3 Å². The van der Waals surface area contributed by atoms with Gasteiger partial charge in [-0.15, -0.1) is 0 Å². The normalized spacial score (nSPS) is 26.6. The van der Waals surface area contributed by atoms with Crippen molar-refractivity contribution < 1.29 is 4.79 Å². The van der Waals surface area contributed by atoms with Crippen LogP contribution in [0.1, 0.15) is 39.0 Å². The highest BCUT2D eigenvalue weighted by molar-refractivity contribution is 5.80. The van der Waals surface area contributed by atoms with Crippen LogP contribution < -0.4 is 10.6 Å². The number of carbonyl (C=O) groups excluding carboxylic acids is 1. The van der Waals surface area contributed by atoms with E-state index in [-0.39, 0.29) is 17.4 Å². The molecule has 1 saturated carbocycles. The fourth-order valence-corrected chi connectivity index (χ4v) is 2.33. The summed E-state index contributed by atoms with van der Waals surface area (Å²) in [5.41, 5.74) is 0.0882. The van der Waals surface area contributed by atoms with Crippen molar-refractivity contribution in [1.82, 2.24) is 10.6 Å². The Morgan fingerprint density at radius 1 is 1.29 bits per heavy atom. The molecule has 1 aliphatic carbocycles. The van der Waals surface area contributed by atoms with Crippen LogP contribution in [-0.2, 0) is 4.79 Å². The Hall–Kier alpha value is -0.570. The van der Waals surface area contributed by atoms with E-state index in [9.17, 15) is 4.79 Å². The Morgan fingerprint density at radius 3 is 2.43 bits per heavy atom. The highest BCUT2D eigenvalue weighted by Gasteiger charge is 2.32. The minimum atomic E-state index is 0.0882. The van der Waals surface area contributed by atoms with Crippen molar-refractivity contribution in [3.63, 3.8) is 0 Å². The zero-order valence-corrected chi connectivity index (χ0v) is 8.94. The van der Waals surface area contributed by atoms with Gasteiger partial charge in [0.05, 0.1) is 5.92 Å². The molecule has 80 valence electrons. The summed E-state index contributed by atoms with van der Waals surface area (Å²) in [5.74, 6) is 0.488. The van der Waals surface area contributed by atoms with E-state index in [1.807, 2.05) is 0 Å². The molecule has 1 amide bonds. The van der Waals surface area contributed by atoms with E-state index in [1.165, 1.54) is 19.3 Å². The highest BCUT2D eigenvalue weighted by atomic mass is 16.2. The van der Waals surface area contributed by atoms with Gasteiger partial charge in [0.15, 0.2) is 0 Å². The van der Waals surface area contributed by atoms with Gasteiger partial charge in [0.25, 0.3) is 0 Å². The SMILES string of the molecule is CC1(NC(=O)C2CNC2)CCCCC1. The molecule has 0 radical (unpaired) electrons. The lowest BCUT2D eigenvalue weighted by Crippen LogP contribution is -2.56. The van der Waals surface area contributed by atoms with Crippen molar-refractivity contribution in [3.05, 3.63) is 0 Å². The second kappa shape index (κ2) is 3.89. The van der Waals surface area contributed by atoms with Crippen molar-refractivity contribution in [3.8, 4) is 0 Å². The summed E-state index contributed by atoms with van der Waals surface area (Å²) in [6.07, 6.45) is 6.16. The molecule has 0 aromatic heterocycles. The molecular formula is C11H20N2O. The van der Waals surface area contributed by atoms with Crippen molar-refractivity contribution in [2.75, 3.05) is 13.1 Å². The van der Waals surface area contributed by atoms with Crippen LogP contribution in [0.5, 0.6) is 0 Å². The van der Waals surface area contributed by atoms with Gasteiger partial charge >= 0.3 is 0 Å². The van der Waals surface area contributed by atoms with Gasteiger partial charge in [0.2, 0.25) is 5.91 Å². The highest BCUT2D eigenvalue weighted by Crippen LogP contribution is 2.27. The van der Waals surface area contributed by atoms with Crippen LogP contribution in [-0.4, -0.2) is 24.5 Å². The summed E-state index contributed by atoms with van der Waals surface area (Å²) in [6, 6.07) is 0. The van der Waals surface area contributed by atoms with E-state index < -0.39 is 0 Å². The van der Waals surface area contributed by atoms with Crippen molar-refractivity contribution in [2.45, 2.75) is 44.6 Å². The summed E-state index contributed by atoms with van der Waals surface area (Å²) >= 11 is 0. The molecular weight excluding hydrogens is 176 g/mol. The van der Waals surface area contributed by atoms with Crippen LogP contribution in [0.4, 0.5) is 0 Å². The van der Waals surface area contributed by atoms with Crippen molar-refractivity contribution >= 4 is 5.91 Å². The van der Waals surface area contributed by atoms with E-state index in [0.717, 1.165) is 25.9 Å². The quantitative estimate of drug-likeness (QED) is 0.693. The zero-order chi connectivity index (χ0) is 10.0. The van der Waals surface area contributed by atoms with Crippen LogP contribution in [0.25, 0.3) is 0 Å². The van der Waals surface area contributed by atoms with Gasteiger partial charge < -0.3 is 10.6 Å². The Morgan fingerprint density at radius 2 is 1.93 bits per heavy atom. The number of hydrogen-bond donors (Lipinski definition) is 2. The van der Waals surface area contributed by atoms with E-state index in [4.69, 9.17) is 0 Å². The molecule has 3 nitrogen and oxygen atoms in total. The lowest BCUT2D eigenvalue weighted by atomic mass is 9.82. The monoisotopic (exact) mass is 196 g/mol. The molecule has 0 unspecified atom stereocenters. The Bertz CT molecular complexity index is 217. The van der Waals surface area contributed by atoms with Crippen LogP contribution in [0.3, 0.4) is 0 Å². The second-order valence-corrected chi connectivity index (χ2v) is 4.97. The molecule has 2 fully saturated rings. The number of amides is 1. The standard InChI is InChI=1S/C11H20N2O/c1-11(5-3-2-4-6-11)13-10(14)9-7-12-8-9/h9,12H,2-8H2,1H3,(H,13,14). The third-order valence-electron chi connectivity index (χ3n) is 3.53. The molecule has 0 bridgehead atoms. The van der Waals surface area contributed by atoms with Gasteiger partial charge in [-0.25, -0.2) is 0 Å². The van der Waals surface area contributed by atoms with Crippen LogP contribution in [0, 0.1) is 5.92 Å². The number of carbonyl (C=O) groups is 1. The van der Waals surface area contributed by atoms with Crippen molar-refractivity contribution in [2.24, 2.45) is 5.92 Å². The van der Waals surface area contributed by atoms with E-state index in [2.05, 4.69) is 17.6 Å². The molecule has 1 aliphatic heterocycles. The summed E-state index contributed by atoms with van der Waals surface area (Å²) in [5, 5.41) is 6.35. The van der Waals surface area contributed by atoms with Gasteiger partial charge in [0, 0.05) is 18.6 Å². The smallest absolute Gasteiger partial charge is 0.226 e. The molecule has 1 saturated heterocycles. The molecule has 0 aromatic carbocycles. The Labute approximate surface area is 85.6 Å². The first-order valence-electron chi connectivity index (χ1n) is 5.72. The number of rotatable bonds is 2. The van der Waals surface area contributed by atoms with E-state index in [1.54, 1.807) is 0 Å². The topological polar surface area (TPSA) is 41.1 Å². The fraction of sp³-hybridized carbons (Fsp3) is 0.909. The number of nitrogens with one attached hydrogen (secondary N) is 2.